The van der Waals surface area contributed by atoms with Crippen LogP contribution >= 0.6 is 11.3 Å². The van der Waals surface area contributed by atoms with Gasteiger partial charge in [-0.15, -0.1) is 11.3 Å². The lowest BCUT2D eigenvalue weighted by Gasteiger charge is -2.30. The summed E-state index contributed by atoms with van der Waals surface area (Å²) in [5.41, 5.74) is 7.19. The maximum atomic E-state index is 12.6. The molecule has 0 aliphatic carbocycles. The Kier molecular flexibility index (Phi) is 3.12. The molecule has 0 radical (unpaired) electrons. The van der Waals surface area contributed by atoms with E-state index in [0.717, 1.165) is 25.1 Å². The van der Waals surface area contributed by atoms with Crippen LogP contribution in [0.1, 0.15) is 16.0 Å². The minimum atomic E-state index is -4.35. The average molecular weight is 298 g/mol. The van der Waals surface area contributed by atoms with Crippen LogP contribution in [0.4, 0.5) is 24.5 Å². The van der Waals surface area contributed by atoms with Crippen molar-refractivity contribution < 1.29 is 13.2 Å². The van der Waals surface area contributed by atoms with Crippen LogP contribution < -0.4 is 10.6 Å². The monoisotopic (exact) mass is 298 g/mol. The third-order valence-electron chi connectivity index (χ3n) is 3.50. The van der Waals surface area contributed by atoms with Gasteiger partial charge in [-0.05, 0) is 41.6 Å². The molecule has 0 fully saturated rings. The van der Waals surface area contributed by atoms with Gasteiger partial charge in [0.1, 0.15) is 0 Å². The van der Waals surface area contributed by atoms with Gasteiger partial charge in [-0.1, -0.05) is 0 Å². The second-order valence-electron chi connectivity index (χ2n) is 4.81. The van der Waals surface area contributed by atoms with E-state index in [9.17, 15) is 13.2 Å². The van der Waals surface area contributed by atoms with Gasteiger partial charge in [-0.2, -0.15) is 13.2 Å². The van der Waals surface area contributed by atoms with E-state index in [2.05, 4.69) is 6.07 Å². The summed E-state index contributed by atoms with van der Waals surface area (Å²) in [5, 5.41) is 2.05. The van der Waals surface area contributed by atoms with Crippen molar-refractivity contribution in [3.8, 4) is 0 Å². The molecule has 1 aromatic carbocycles. The van der Waals surface area contributed by atoms with E-state index in [1.54, 1.807) is 11.3 Å². The predicted molar refractivity (Wildman–Crippen MR) is 74.9 cm³/mol. The highest BCUT2D eigenvalue weighted by Gasteiger charge is 2.31. The lowest BCUT2D eigenvalue weighted by molar-refractivity contribution is -0.137. The zero-order chi connectivity index (χ0) is 14.3. The largest absolute Gasteiger partial charge is 0.416 e. The molecule has 2 nitrogen and oxygen atoms in total. The summed E-state index contributed by atoms with van der Waals surface area (Å²) in [6.45, 7) is 1.48. The molecule has 1 aromatic heterocycles. The highest BCUT2D eigenvalue weighted by Crippen LogP contribution is 2.36. The molecule has 106 valence electrons. The first-order chi connectivity index (χ1) is 9.45. The smallest absolute Gasteiger partial charge is 0.397 e. The van der Waals surface area contributed by atoms with Gasteiger partial charge in [0.2, 0.25) is 0 Å². The van der Waals surface area contributed by atoms with Crippen molar-refractivity contribution in [1.29, 1.82) is 0 Å². The lowest BCUT2D eigenvalue weighted by atomic mass is 10.1. The number of fused-ring (bicyclic) bond motifs is 1. The van der Waals surface area contributed by atoms with Crippen LogP contribution in [0.5, 0.6) is 0 Å². The molecule has 1 aliphatic heterocycles. The number of nitrogen functional groups attached to an aromatic ring is 1. The molecule has 20 heavy (non-hydrogen) atoms. The Morgan fingerprint density at radius 3 is 2.70 bits per heavy atom. The van der Waals surface area contributed by atoms with E-state index in [0.29, 0.717) is 12.2 Å². The van der Waals surface area contributed by atoms with Crippen molar-refractivity contribution in [1.82, 2.24) is 0 Å². The number of alkyl halides is 3. The van der Waals surface area contributed by atoms with Gasteiger partial charge in [0.15, 0.2) is 0 Å². The number of thiophene rings is 1. The fourth-order valence-corrected chi connectivity index (χ4v) is 3.36. The van der Waals surface area contributed by atoms with Gasteiger partial charge in [-0.25, -0.2) is 0 Å². The summed E-state index contributed by atoms with van der Waals surface area (Å²) >= 11 is 1.73. The minimum absolute atomic E-state index is 0.179. The van der Waals surface area contributed by atoms with Crippen LogP contribution in [-0.2, 0) is 19.1 Å². The molecule has 0 spiro atoms. The Morgan fingerprint density at radius 2 is 2.00 bits per heavy atom. The summed E-state index contributed by atoms with van der Waals surface area (Å²) in [6.07, 6.45) is -3.44. The molecule has 0 amide bonds. The first-order valence-electron chi connectivity index (χ1n) is 6.22. The second-order valence-corrected chi connectivity index (χ2v) is 5.81. The molecule has 0 atom stereocenters. The summed E-state index contributed by atoms with van der Waals surface area (Å²) in [4.78, 5) is 3.39. The zero-order valence-corrected chi connectivity index (χ0v) is 11.4. The average Bonchev–Trinajstić information content (AvgIpc) is 2.84. The third-order valence-corrected chi connectivity index (χ3v) is 4.53. The molecule has 2 N–H and O–H groups in total. The molecule has 3 rings (SSSR count). The number of halogens is 3. The van der Waals surface area contributed by atoms with E-state index >= 15 is 0 Å². The first-order valence-corrected chi connectivity index (χ1v) is 7.10. The predicted octanol–water partition coefficient (Wildman–Crippen LogP) is 3.91. The summed E-state index contributed by atoms with van der Waals surface area (Å²) < 4.78 is 37.9. The van der Waals surface area contributed by atoms with Gasteiger partial charge < -0.3 is 10.6 Å². The molecule has 2 aromatic rings. The quantitative estimate of drug-likeness (QED) is 0.809. The summed E-state index contributed by atoms with van der Waals surface area (Å²) in [6, 6.07) is 5.63. The number of benzene rings is 1. The van der Waals surface area contributed by atoms with Crippen molar-refractivity contribution in [2.24, 2.45) is 0 Å². The number of nitrogens with zero attached hydrogens (tertiary/aromatic N) is 1. The van der Waals surface area contributed by atoms with Crippen LogP contribution in [0.2, 0.25) is 0 Å². The number of anilines is 2. The molecular formula is C14H13F3N2S. The number of nitrogens with two attached hydrogens (primary N) is 1. The van der Waals surface area contributed by atoms with Crippen LogP contribution in [0.25, 0.3) is 0 Å². The Bertz CT molecular complexity index is 634. The minimum Gasteiger partial charge on any atom is -0.397 e. The molecule has 2 heterocycles. The molecule has 0 saturated carbocycles. The van der Waals surface area contributed by atoms with E-state index in [4.69, 9.17) is 5.73 Å². The normalized spacial score (nSPS) is 15.2. The van der Waals surface area contributed by atoms with Gasteiger partial charge in [0, 0.05) is 18.0 Å². The van der Waals surface area contributed by atoms with Crippen molar-refractivity contribution >= 4 is 22.7 Å². The van der Waals surface area contributed by atoms with Gasteiger partial charge >= 0.3 is 6.18 Å². The fraction of sp³-hybridized carbons (Fsp3) is 0.286. The molecule has 6 heteroatoms. The van der Waals surface area contributed by atoms with Crippen molar-refractivity contribution in [2.75, 3.05) is 17.2 Å². The van der Waals surface area contributed by atoms with Gasteiger partial charge in [-0.3, -0.25) is 0 Å². The van der Waals surface area contributed by atoms with Crippen LogP contribution in [0.3, 0.4) is 0 Å². The van der Waals surface area contributed by atoms with E-state index < -0.39 is 11.7 Å². The standard InChI is InChI=1S/C14H13F3N2S/c15-14(16,17)10-1-2-12(11(18)7-10)19-5-3-13-9(8-19)4-6-20-13/h1-2,4,6-7H,3,5,8,18H2. The van der Waals surface area contributed by atoms with Crippen LogP contribution in [0, 0.1) is 0 Å². The number of hydrogen-bond donors (Lipinski definition) is 1. The first kappa shape index (κ1) is 13.3. The molecular weight excluding hydrogens is 285 g/mol. The molecule has 0 bridgehead atoms. The highest BCUT2D eigenvalue weighted by atomic mass is 32.1. The Morgan fingerprint density at radius 1 is 1.20 bits per heavy atom. The lowest BCUT2D eigenvalue weighted by Crippen LogP contribution is -2.30. The Labute approximate surface area is 118 Å². The Balaban J connectivity index is 1.89. The topological polar surface area (TPSA) is 29.3 Å². The van der Waals surface area contributed by atoms with Gasteiger partial charge in [0.05, 0.1) is 16.9 Å². The maximum absolute atomic E-state index is 12.6. The SMILES string of the molecule is Nc1cc(C(F)(F)F)ccc1N1CCc2sccc2C1. The van der Waals surface area contributed by atoms with E-state index in [1.165, 1.54) is 16.5 Å². The van der Waals surface area contributed by atoms with Crippen LogP contribution in [0.15, 0.2) is 29.6 Å². The maximum Gasteiger partial charge on any atom is 0.416 e. The fourth-order valence-electron chi connectivity index (χ4n) is 2.47. The van der Waals surface area contributed by atoms with E-state index in [1.807, 2.05) is 10.3 Å². The summed E-state index contributed by atoms with van der Waals surface area (Å²) in [7, 11) is 0. The van der Waals surface area contributed by atoms with Crippen molar-refractivity contribution in [2.45, 2.75) is 19.1 Å². The van der Waals surface area contributed by atoms with Crippen molar-refractivity contribution in [3.05, 3.63) is 45.6 Å². The molecule has 0 saturated heterocycles. The molecule has 0 unspecified atom stereocenters. The number of rotatable bonds is 1. The zero-order valence-electron chi connectivity index (χ0n) is 10.6. The number of hydrogen-bond acceptors (Lipinski definition) is 3. The van der Waals surface area contributed by atoms with Gasteiger partial charge in [0.25, 0.3) is 0 Å². The van der Waals surface area contributed by atoms with Crippen LogP contribution in [-0.4, -0.2) is 6.54 Å². The van der Waals surface area contributed by atoms with E-state index in [-0.39, 0.29) is 5.69 Å². The molecule has 1 aliphatic rings. The van der Waals surface area contributed by atoms with Crippen molar-refractivity contribution in [3.63, 3.8) is 0 Å². The summed E-state index contributed by atoms with van der Waals surface area (Å²) in [5.74, 6) is 0. The third kappa shape index (κ3) is 2.35. The second kappa shape index (κ2) is 4.70. The highest BCUT2D eigenvalue weighted by molar-refractivity contribution is 7.10. The Hall–Kier alpha value is -1.69.